The molecule has 1 atom stereocenters. The van der Waals surface area contributed by atoms with Crippen LogP contribution in [0.1, 0.15) is 36.0 Å². The Balaban J connectivity index is 1.89. The van der Waals surface area contributed by atoms with Gasteiger partial charge in [-0.2, -0.15) is 0 Å². The summed E-state index contributed by atoms with van der Waals surface area (Å²) in [6.07, 6.45) is 3.74. The Morgan fingerprint density at radius 3 is 2.61 bits per heavy atom. The number of hydrogen-bond acceptors (Lipinski definition) is 2. The minimum atomic E-state index is 0.383. The fourth-order valence-corrected chi connectivity index (χ4v) is 2.89. The number of benzene rings is 1. The number of aryl methyl sites for hydroxylation is 2. The molecule has 0 bridgehead atoms. The SMILES string of the molecule is Cc1cc(C)cc(CC(=O)CC2CCCNC2)c1. The summed E-state index contributed by atoms with van der Waals surface area (Å²) < 4.78 is 0. The minimum Gasteiger partial charge on any atom is -0.316 e. The number of hydrogen-bond donors (Lipinski definition) is 1. The van der Waals surface area contributed by atoms with Crippen LogP contribution >= 0.6 is 0 Å². The predicted molar refractivity (Wildman–Crippen MR) is 74.8 cm³/mol. The average molecular weight is 245 g/mol. The van der Waals surface area contributed by atoms with E-state index in [-0.39, 0.29) is 0 Å². The van der Waals surface area contributed by atoms with Crippen LogP contribution in [0.5, 0.6) is 0 Å². The molecule has 1 saturated heterocycles. The lowest BCUT2D eigenvalue weighted by Crippen LogP contribution is -2.31. The normalized spacial score (nSPS) is 19.8. The van der Waals surface area contributed by atoms with E-state index in [1.807, 2.05) is 0 Å². The Labute approximate surface area is 110 Å². The molecule has 1 heterocycles. The molecule has 0 radical (unpaired) electrons. The van der Waals surface area contributed by atoms with Gasteiger partial charge in [0.05, 0.1) is 0 Å². The fraction of sp³-hybridized carbons (Fsp3) is 0.562. The van der Waals surface area contributed by atoms with Crippen molar-refractivity contribution in [3.63, 3.8) is 0 Å². The van der Waals surface area contributed by atoms with Gasteiger partial charge >= 0.3 is 0 Å². The zero-order chi connectivity index (χ0) is 13.0. The van der Waals surface area contributed by atoms with E-state index in [1.165, 1.54) is 29.5 Å². The number of rotatable bonds is 4. The molecule has 0 amide bonds. The van der Waals surface area contributed by atoms with Gasteiger partial charge in [0.15, 0.2) is 0 Å². The van der Waals surface area contributed by atoms with Gasteiger partial charge in [-0.25, -0.2) is 0 Å². The molecule has 1 aromatic carbocycles. The lowest BCUT2D eigenvalue weighted by molar-refractivity contribution is -0.119. The second-order valence-corrected chi connectivity index (χ2v) is 5.63. The molecule has 98 valence electrons. The number of ketones is 1. The highest BCUT2D eigenvalue weighted by Gasteiger charge is 2.16. The van der Waals surface area contributed by atoms with Crippen molar-refractivity contribution in [2.75, 3.05) is 13.1 Å². The molecule has 1 aromatic rings. The highest BCUT2D eigenvalue weighted by Crippen LogP contribution is 2.16. The molecule has 1 aliphatic heterocycles. The Morgan fingerprint density at radius 1 is 1.28 bits per heavy atom. The first kappa shape index (κ1) is 13.3. The largest absolute Gasteiger partial charge is 0.316 e. The van der Waals surface area contributed by atoms with Crippen LogP contribution < -0.4 is 5.32 Å². The summed E-state index contributed by atoms with van der Waals surface area (Å²) in [5, 5.41) is 3.37. The second-order valence-electron chi connectivity index (χ2n) is 5.63. The maximum atomic E-state index is 12.1. The zero-order valence-electron chi connectivity index (χ0n) is 11.5. The molecule has 2 rings (SSSR count). The summed E-state index contributed by atoms with van der Waals surface area (Å²) in [6, 6.07) is 6.41. The molecular weight excluding hydrogens is 222 g/mol. The van der Waals surface area contributed by atoms with Crippen molar-refractivity contribution in [2.45, 2.75) is 39.5 Å². The van der Waals surface area contributed by atoms with Crippen molar-refractivity contribution in [3.05, 3.63) is 34.9 Å². The number of Topliss-reactive ketones (excluding diaryl/α,β-unsaturated/α-hetero) is 1. The summed E-state index contributed by atoms with van der Waals surface area (Å²) in [5.74, 6) is 0.936. The van der Waals surface area contributed by atoms with E-state index in [4.69, 9.17) is 0 Å². The first-order valence-corrected chi connectivity index (χ1v) is 6.93. The second kappa shape index (κ2) is 6.14. The highest BCUT2D eigenvalue weighted by atomic mass is 16.1. The molecule has 18 heavy (non-hydrogen) atoms. The van der Waals surface area contributed by atoms with Gasteiger partial charge in [-0.3, -0.25) is 4.79 Å². The van der Waals surface area contributed by atoms with Gasteiger partial charge in [-0.05, 0) is 51.3 Å². The molecule has 1 fully saturated rings. The molecule has 1 unspecified atom stereocenters. The molecule has 0 saturated carbocycles. The van der Waals surface area contributed by atoms with E-state index in [0.717, 1.165) is 19.5 Å². The van der Waals surface area contributed by atoms with Gasteiger partial charge in [0.25, 0.3) is 0 Å². The van der Waals surface area contributed by atoms with Crippen LogP contribution in [0.3, 0.4) is 0 Å². The molecule has 1 aliphatic rings. The van der Waals surface area contributed by atoms with E-state index >= 15 is 0 Å². The van der Waals surface area contributed by atoms with Gasteiger partial charge in [0, 0.05) is 12.8 Å². The van der Waals surface area contributed by atoms with E-state index in [9.17, 15) is 4.79 Å². The first-order chi connectivity index (χ1) is 8.63. The quantitative estimate of drug-likeness (QED) is 0.883. The predicted octanol–water partition coefficient (Wildman–Crippen LogP) is 2.80. The van der Waals surface area contributed by atoms with Crippen molar-refractivity contribution in [2.24, 2.45) is 5.92 Å². The van der Waals surface area contributed by atoms with Crippen LogP contribution in [0.4, 0.5) is 0 Å². The Hall–Kier alpha value is -1.15. The number of piperidine rings is 1. The third kappa shape index (κ3) is 3.95. The van der Waals surface area contributed by atoms with E-state index in [0.29, 0.717) is 18.1 Å². The van der Waals surface area contributed by atoms with E-state index in [2.05, 4.69) is 37.4 Å². The molecular formula is C16H23NO. The lowest BCUT2D eigenvalue weighted by atomic mass is 9.92. The lowest BCUT2D eigenvalue weighted by Gasteiger charge is -2.21. The van der Waals surface area contributed by atoms with E-state index < -0.39 is 0 Å². The van der Waals surface area contributed by atoms with Crippen molar-refractivity contribution in [1.29, 1.82) is 0 Å². The van der Waals surface area contributed by atoms with Crippen LogP contribution in [-0.4, -0.2) is 18.9 Å². The summed E-state index contributed by atoms with van der Waals surface area (Å²) in [4.78, 5) is 12.1. The maximum Gasteiger partial charge on any atom is 0.137 e. The smallest absolute Gasteiger partial charge is 0.137 e. The molecule has 2 heteroatoms. The number of carbonyl (C=O) groups excluding carboxylic acids is 1. The summed E-state index contributed by atoms with van der Waals surface area (Å²) in [7, 11) is 0. The number of nitrogens with one attached hydrogen (secondary N) is 1. The summed E-state index contributed by atoms with van der Waals surface area (Å²) in [5.41, 5.74) is 3.66. The molecule has 0 aromatic heterocycles. The highest BCUT2D eigenvalue weighted by molar-refractivity contribution is 5.81. The zero-order valence-corrected chi connectivity index (χ0v) is 11.5. The first-order valence-electron chi connectivity index (χ1n) is 6.93. The molecule has 1 N–H and O–H groups in total. The Morgan fingerprint density at radius 2 is 2.00 bits per heavy atom. The van der Waals surface area contributed by atoms with Crippen LogP contribution in [0.15, 0.2) is 18.2 Å². The van der Waals surface area contributed by atoms with Gasteiger partial charge in [0.1, 0.15) is 5.78 Å². The topological polar surface area (TPSA) is 29.1 Å². The standard InChI is InChI=1S/C16H23NO/c1-12-6-13(2)8-15(7-12)10-16(18)9-14-4-3-5-17-11-14/h6-8,14,17H,3-5,9-11H2,1-2H3. The van der Waals surface area contributed by atoms with E-state index in [1.54, 1.807) is 0 Å². The van der Waals surface area contributed by atoms with Gasteiger partial charge in [0.2, 0.25) is 0 Å². The van der Waals surface area contributed by atoms with Crippen molar-refractivity contribution < 1.29 is 4.79 Å². The Kier molecular flexibility index (Phi) is 4.54. The van der Waals surface area contributed by atoms with Gasteiger partial charge < -0.3 is 5.32 Å². The number of carbonyl (C=O) groups is 1. The van der Waals surface area contributed by atoms with Crippen LogP contribution in [0.25, 0.3) is 0 Å². The van der Waals surface area contributed by atoms with Gasteiger partial charge in [-0.1, -0.05) is 29.3 Å². The average Bonchev–Trinajstić information content (AvgIpc) is 2.28. The monoisotopic (exact) mass is 245 g/mol. The van der Waals surface area contributed by atoms with Gasteiger partial charge in [-0.15, -0.1) is 0 Å². The Bertz CT molecular complexity index is 399. The fourth-order valence-electron chi connectivity index (χ4n) is 2.89. The van der Waals surface area contributed by atoms with Crippen molar-refractivity contribution in [3.8, 4) is 0 Å². The third-order valence-electron chi connectivity index (χ3n) is 3.60. The summed E-state index contributed by atoms with van der Waals surface area (Å²) >= 11 is 0. The summed E-state index contributed by atoms with van der Waals surface area (Å²) in [6.45, 7) is 6.30. The minimum absolute atomic E-state index is 0.383. The molecule has 2 nitrogen and oxygen atoms in total. The van der Waals surface area contributed by atoms with Crippen LogP contribution in [0, 0.1) is 19.8 Å². The van der Waals surface area contributed by atoms with Crippen LogP contribution in [0.2, 0.25) is 0 Å². The van der Waals surface area contributed by atoms with Crippen molar-refractivity contribution >= 4 is 5.78 Å². The van der Waals surface area contributed by atoms with Crippen LogP contribution in [-0.2, 0) is 11.2 Å². The third-order valence-corrected chi connectivity index (χ3v) is 3.60. The maximum absolute atomic E-state index is 12.1. The molecule has 0 aliphatic carbocycles. The van der Waals surface area contributed by atoms with Crippen molar-refractivity contribution in [1.82, 2.24) is 5.32 Å². The molecule has 0 spiro atoms.